The summed E-state index contributed by atoms with van der Waals surface area (Å²) in [7, 11) is 0. The van der Waals surface area contributed by atoms with E-state index < -0.39 is 5.69 Å². The monoisotopic (exact) mass is 290 g/mol. The molecule has 0 amide bonds. The molecular formula is C10H6N6OS2. The highest BCUT2D eigenvalue weighted by atomic mass is 32.1. The lowest BCUT2D eigenvalue weighted by Crippen LogP contribution is -2.03. The molecule has 3 heterocycles. The van der Waals surface area contributed by atoms with Crippen molar-refractivity contribution >= 4 is 41.6 Å². The standard InChI is InChI=1S/C10H6N6OS2/c17-9-12-6-7(13-9)14-10(18)16(8(6)15-19)5-3-1-2-4-11-5/h1-4H,(H2,12,13,14,17,18). The molecule has 3 aromatic rings. The molecule has 2 N–H and O–H groups in total. The Kier molecular flexibility index (Phi) is 2.76. The van der Waals surface area contributed by atoms with Gasteiger partial charge in [-0.1, -0.05) is 6.07 Å². The minimum absolute atomic E-state index is 0.213. The summed E-state index contributed by atoms with van der Waals surface area (Å²) in [6, 6.07) is 5.33. The fourth-order valence-corrected chi connectivity index (χ4v) is 2.19. The zero-order valence-corrected chi connectivity index (χ0v) is 11.0. The van der Waals surface area contributed by atoms with Crippen LogP contribution in [0.4, 0.5) is 5.82 Å². The molecule has 0 saturated heterocycles. The van der Waals surface area contributed by atoms with E-state index in [1.54, 1.807) is 24.4 Å². The second-order valence-corrected chi connectivity index (χ2v) is 4.18. The van der Waals surface area contributed by atoms with Gasteiger partial charge in [0.15, 0.2) is 11.5 Å². The van der Waals surface area contributed by atoms with Crippen LogP contribution >= 0.6 is 12.2 Å². The number of nitrogens with zero attached hydrogens (tertiary/aromatic N) is 4. The lowest BCUT2D eigenvalue weighted by atomic mass is 10.4. The van der Waals surface area contributed by atoms with Crippen molar-refractivity contribution in [3.8, 4) is 5.82 Å². The van der Waals surface area contributed by atoms with E-state index in [-0.39, 0.29) is 4.77 Å². The number of H-pyrrole nitrogens is 2. The summed E-state index contributed by atoms with van der Waals surface area (Å²) in [6.45, 7) is 0. The van der Waals surface area contributed by atoms with Crippen LogP contribution in [0, 0.1) is 4.77 Å². The van der Waals surface area contributed by atoms with Gasteiger partial charge in [0, 0.05) is 18.6 Å². The van der Waals surface area contributed by atoms with Gasteiger partial charge in [0.05, 0.1) is 0 Å². The quantitative estimate of drug-likeness (QED) is 0.698. The fraction of sp³-hybridized carbons (Fsp3) is 0. The van der Waals surface area contributed by atoms with Crippen LogP contribution in [0.5, 0.6) is 0 Å². The Hall–Kier alpha value is -2.26. The van der Waals surface area contributed by atoms with E-state index in [2.05, 4.69) is 24.3 Å². The van der Waals surface area contributed by atoms with Crippen molar-refractivity contribution in [3.63, 3.8) is 0 Å². The Morgan fingerprint density at radius 1 is 1.32 bits per heavy atom. The van der Waals surface area contributed by atoms with E-state index in [1.165, 1.54) is 4.57 Å². The molecule has 0 aromatic carbocycles. The number of hydrogen-bond donors (Lipinski definition) is 2. The first-order valence-corrected chi connectivity index (χ1v) is 5.98. The van der Waals surface area contributed by atoms with Crippen LogP contribution in [0.1, 0.15) is 0 Å². The highest BCUT2D eigenvalue weighted by Crippen LogP contribution is 2.23. The molecule has 0 fully saturated rings. The van der Waals surface area contributed by atoms with Crippen molar-refractivity contribution in [1.29, 1.82) is 0 Å². The summed E-state index contributed by atoms with van der Waals surface area (Å²) in [5, 5.41) is 0. The van der Waals surface area contributed by atoms with Crippen molar-refractivity contribution in [2.24, 2.45) is 4.36 Å². The van der Waals surface area contributed by atoms with Gasteiger partial charge in [0.1, 0.15) is 11.3 Å². The Morgan fingerprint density at radius 2 is 2.16 bits per heavy atom. The molecule has 0 radical (unpaired) electrons. The lowest BCUT2D eigenvalue weighted by Gasteiger charge is -2.08. The van der Waals surface area contributed by atoms with Crippen LogP contribution < -0.4 is 5.69 Å². The molecule has 3 rings (SSSR count). The van der Waals surface area contributed by atoms with E-state index in [4.69, 9.17) is 24.6 Å². The van der Waals surface area contributed by atoms with Crippen molar-refractivity contribution < 1.29 is 0 Å². The largest absolute Gasteiger partial charge is 0.325 e. The molecule has 9 heteroatoms. The number of rotatable bonds is 2. The number of aromatic amines is 2. The first-order chi connectivity index (χ1) is 9.20. The van der Waals surface area contributed by atoms with Gasteiger partial charge in [-0.3, -0.25) is 9.55 Å². The minimum atomic E-state index is -0.393. The topological polar surface area (TPSA) is 91.7 Å². The van der Waals surface area contributed by atoms with Gasteiger partial charge in [-0.2, -0.15) is 9.35 Å². The van der Waals surface area contributed by atoms with Crippen LogP contribution in [0.15, 0.2) is 33.6 Å². The van der Waals surface area contributed by atoms with Gasteiger partial charge in [0.25, 0.3) is 0 Å². The lowest BCUT2D eigenvalue weighted by molar-refractivity contribution is 0.934. The van der Waals surface area contributed by atoms with Gasteiger partial charge in [-0.05, 0) is 24.4 Å². The molecule has 19 heavy (non-hydrogen) atoms. The van der Waals surface area contributed by atoms with Crippen LogP contribution in [0.25, 0.3) is 17.0 Å². The normalized spacial score (nSPS) is 10.7. The third-order valence-corrected chi connectivity index (χ3v) is 2.95. The second-order valence-electron chi connectivity index (χ2n) is 3.64. The Balaban J connectivity index is 2.48. The number of nitrogens with one attached hydrogen (secondary N) is 2. The molecule has 94 valence electrons. The van der Waals surface area contributed by atoms with Gasteiger partial charge >= 0.3 is 5.69 Å². The summed E-state index contributed by atoms with van der Waals surface area (Å²) in [6.07, 6.45) is 1.62. The summed E-state index contributed by atoms with van der Waals surface area (Å²) in [5.41, 5.74) is 0.334. The molecule has 0 aliphatic rings. The molecule has 0 unspecified atom stereocenters. The zero-order valence-electron chi connectivity index (χ0n) is 9.32. The minimum Gasteiger partial charge on any atom is -0.301 e. The maximum absolute atomic E-state index is 11.3. The molecule has 0 saturated carbocycles. The average Bonchev–Trinajstić information content (AvgIpc) is 2.78. The van der Waals surface area contributed by atoms with Gasteiger partial charge < -0.3 is 4.98 Å². The Labute approximate surface area is 116 Å². The third-order valence-electron chi connectivity index (χ3n) is 2.51. The molecule has 0 aliphatic carbocycles. The van der Waals surface area contributed by atoms with E-state index in [9.17, 15) is 4.79 Å². The number of imidazole rings is 1. The highest BCUT2D eigenvalue weighted by molar-refractivity contribution is 7.71. The second kappa shape index (κ2) is 4.44. The van der Waals surface area contributed by atoms with E-state index in [1.807, 2.05) is 0 Å². The van der Waals surface area contributed by atoms with Gasteiger partial charge in [-0.15, -0.1) is 0 Å². The maximum atomic E-state index is 11.3. The molecular weight excluding hydrogens is 284 g/mol. The average molecular weight is 290 g/mol. The number of pyridine rings is 1. The first-order valence-electron chi connectivity index (χ1n) is 5.20. The van der Waals surface area contributed by atoms with Crippen molar-refractivity contribution in [3.05, 3.63) is 39.7 Å². The summed E-state index contributed by atoms with van der Waals surface area (Å²) >= 11 is 9.96. The molecule has 0 atom stereocenters. The molecule has 3 aromatic heterocycles. The number of hydrogen-bond acceptors (Lipinski definition) is 6. The van der Waals surface area contributed by atoms with Gasteiger partial charge in [-0.25, -0.2) is 9.78 Å². The molecule has 0 spiro atoms. The molecule has 0 aliphatic heterocycles. The fourth-order valence-electron chi connectivity index (χ4n) is 1.75. The Bertz CT molecular complexity index is 878. The Morgan fingerprint density at radius 3 is 2.84 bits per heavy atom. The van der Waals surface area contributed by atoms with Gasteiger partial charge in [0.2, 0.25) is 4.77 Å². The third kappa shape index (κ3) is 1.88. The predicted octanol–water partition coefficient (Wildman–Crippen LogP) is 1.53. The SMILES string of the molecule is O=c1[nH]c2nc(=S)n(-c3ccccn3)c(N=S)c2[nH]1. The maximum Gasteiger partial charge on any atom is 0.325 e. The van der Waals surface area contributed by atoms with Crippen molar-refractivity contribution in [2.75, 3.05) is 0 Å². The van der Waals surface area contributed by atoms with Crippen molar-refractivity contribution in [1.82, 2.24) is 24.5 Å². The van der Waals surface area contributed by atoms with Crippen LogP contribution in [-0.4, -0.2) is 24.5 Å². The van der Waals surface area contributed by atoms with E-state index in [0.717, 1.165) is 0 Å². The zero-order chi connectivity index (χ0) is 13.4. The summed E-state index contributed by atoms with van der Waals surface area (Å²) in [4.78, 5) is 24.7. The predicted molar refractivity (Wildman–Crippen MR) is 74.1 cm³/mol. The van der Waals surface area contributed by atoms with Crippen LogP contribution in [0.3, 0.4) is 0 Å². The van der Waals surface area contributed by atoms with E-state index >= 15 is 0 Å². The summed E-state index contributed by atoms with van der Waals surface area (Å²) < 4.78 is 5.48. The highest BCUT2D eigenvalue weighted by Gasteiger charge is 2.13. The summed E-state index contributed by atoms with van der Waals surface area (Å²) in [5.74, 6) is 0.856. The number of aromatic nitrogens is 5. The van der Waals surface area contributed by atoms with Crippen molar-refractivity contribution in [2.45, 2.75) is 0 Å². The first kappa shape index (κ1) is 11.8. The van der Waals surface area contributed by atoms with Crippen LogP contribution in [-0.2, 0) is 12.4 Å². The smallest absolute Gasteiger partial charge is 0.301 e. The number of fused-ring (bicyclic) bond motifs is 1. The molecule has 7 nitrogen and oxygen atoms in total. The van der Waals surface area contributed by atoms with Crippen LogP contribution in [0.2, 0.25) is 0 Å². The van der Waals surface area contributed by atoms with E-state index in [0.29, 0.717) is 22.8 Å². The molecule has 0 bridgehead atoms.